The van der Waals surface area contributed by atoms with Crippen LogP contribution in [0, 0.1) is 10.8 Å². The quantitative estimate of drug-likeness (QED) is 0.0529. The van der Waals surface area contributed by atoms with Gasteiger partial charge in [0.25, 0.3) is 5.91 Å². The Morgan fingerprint density at radius 3 is 1.67 bits per heavy atom. The van der Waals surface area contributed by atoms with Gasteiger partial charge in [-0.25, -0.2) is 17.9 Å². The number of aromatic nitrogens is 3. The molecule has 12 atom stereocenters. The molecule has 0 unspecified atom stereocenters. The van der Waals surface area contributed by atoms with Gasteiger partial charge in [-0.05, 0) is 132 Å². The van der Waals surface area contributed by atoms with Crippen molar-refractivity contribution < 1.29 is 80.8 Å². The van der Waals surface area contributed by atoms with Crippen LogP contribution in [0.3, 0.4) is 0 Å². The smallest absolute Gasteiger partial charge is 0.326 e. The minimum absolute atomic E-state index is 0.0279. The normalized spacial score (nSPS) is 22.1. The monoisotopic (exact) mass is 1650 g/mol. The zero-order valence-electron chi connectivity index (χ0n) is 68.6. The summed E-state index contributed by atoms with van der Waals surface area (Å²) in [6.07, 6.45) is 3.88. The zero-order valence-corrected chi connectivity index (χ0v) is 69.4. The van der Waals surface area contributed by atoms with E-state index in [2.05, 4.69) is 57.6 Å². The van der Waals surface area contributed by atoms with Gasteiger partial charge in [0, 0.05) is 51.6 Å². The van der Waals surface area contributed by atoms with Crippen LogP contribution in [0.1, 0.15) is 121 Å². The van der Waals surface area contributed by atoms with Gasteiger partial charge in [0.15, 0.2) is 0 Å². The molecule has 3 fully saturated rings. The third-order valence-electron chi connectivity index (χ3n) is 22.0. The molecule has 10 bridgehead atoms. The molecule has 1 aromatic heterocycles. The van der Waals surface area contributed by atoms with Crippen LogP contribution in [0.4, 0.5) is 0 Å². The molecule has 11 N–H and O–H groups in total. The van der Waals surface area contributed by atoms with E-state index in [0.717, 1.165) is 21.9 Å². The molecule has 14 rings (SSSR count). The van der Waals surface area contributed by atoms with E-state index in [-0.39, 0.29) is 78.0 Å². The van der Waals surface area contributed by atoms with Crippen LogP contribution in [0.2, 0.25) is 0 Å². The molecule has 31 nitrogen and oxygen atoms in total. The average Bonchev–Trinajstić information content (AvgIpc) is 1.71. The highest BCUT2D eigenvalue weighted by Crippen LogP contribution is 2.34. The van der Waals surface area contributed by atoms with E-state index in [4.69, 9.17) is 14.2 Å². The van der Waals surface area contributed by atoms with Crippen LogP contribution < -0.4 is 56.7 Å². The van der Waals surface area contributed by atoms with E-state index in [1.807, 2.05) is 66.7 Å². The number of nitrogens with one attached hydrogen (secondary N) is 9. The first-order chi connectivity index (χ1) is 56.6. The molecule has 7 aliphatic rings. The fourth-order valence-electron chi connectivity index (χ4n) is 14.5. The lowest BCUT2D eigenvalue weighted by Crippen LogP contribution is -2.61. The van der Waals surface area contributed by atoms with Crippen molar-refractivity contribution in [3.8, 4) is 22.6 Å². The number of hydrogen-bond donors (Lipinski definition) is 11. The number of sulfonamides is 1. The Balaban J connectivity index is 0.930. The number of aliphatic hydroxyl groups is 1. The number of carboxylic acids is 1. The van der Waals surface area contributed by atoms with Gasteiger partial charge in [0.1, 0.15) is 78.7 Å². The van der Waals surface area contributed by atoms with E-state index in [9.17, 15) is 42.6 Å². The van der Waals surface area contributed by atoms with Gasteiger partial charge in [-0.15, -0.1) is 5.10 Å². The van der Waals surface area contributed by atoms with Crippen molar-refractivity contribution in [1.82, 2.24) is 72.1 Å². The number of aliphatic carboxylic acids is 1. The minimum Gasteiger partial charge on any atom is -0.490 e. The van der Waals surface area contributed by atoms with Crippen molar-refractivity contribution >= 4 is 79.9 Å². The first-order valence-corrected chi connectivity index (χ1v) is 41.6. The molecule has 0 spiro atoms. The number of benzene rings is 6. The van der Waals surface area contributed by atoms with Gasteiger partial charge in [0.2, 0.25) is 57.3 Å². The number of amides is 9. The number of fused-ring (bicyclic) bond motifs is 1. The van der Waals surface area contributed by atoms with Crippen molar-refractivity contribution in [2.75, 3.05) is 40.4 Å². The molecular formula is C87H108N14O17S. The van der Waals surface area contributed by atoms with E-state index >= 15 is 24.0 Å². The van der Waals surface area contributed by atoms with Crippen LogP contribution in [0.5, 0.6) is 11.5 Å². The van der Waals surface area contributed by atoms with Crippen LogP contribution in [-0.2, 0) is 102 Å². The van der Waals surface area contributed by atoms with Crippen molar-refractivity contribution in [3.63, 3.8) is 0 Å². The van der Waals surface area contributed by atoms with Crippen molar-refractivity contribution in [2.24, 2.45) is 10.8 Å². The van der Waals surface area contributed by atoms with Crippen molar-refractivity contribution in [1.29, 1.82) is 0 Å². The molecule has 0 radical (unpaired) electrons. The molecule has 119 heavy (non-hydrogen) atoms. The SMILES string of the molecule is CN[C@@H](C)C(=O)N[C@H](C(=O)N1C[C@@H]2C[C@H]1C(=O)N[C@@H](Cc1ccc3ccccc3c1)C(=O)N[C@H](C(=O)O)Cc1ccc(cc1)OC/C=C/CO[C@H]1C[C@@H](C(=O)N[C@@H](Cc3cccc(-c4ccc(CO)cc4)c3)C(=O)N[C@H](C(=O)NS(=O)(=O)C3CC3)Cc3ccc(cc3)OCc3cn2nn3)N(C(=O)[C@@H](NC(=O)[C@H](C)NC)C(C)(C)C)C1)C(C)(C)C. The Kier molecular flexibility index (Phi) is 28.9. The topological polar surface area (TPSA) is 418 Å². The summed E-state index contributed by atoms with van der Waals surface area (Å²) in [5.74, 6) is -7.11. The molecule has 6 aliphatic heterocycles. The fraction of sp³-hybridized carbons (Fsp3) is 0.448. The zero-order chi connectivity index (χ0) is 85.6. The second kappa shape index (κ2) is 39.0. The number of carbonyl (C=O) groups excluding carboxylic acids is 9. The number of likely N-dealkylation sites (tertiary alicyclic amines) is 2. The molecule has 2 saturated heterocycles. The van der Waals surface area contributed by atoms with Crippen LogP contribution in [0.15, 0.2) is 158 Å². The molecule has 7 aromatic rings. The summed E-state index contributed by atoms with van der Waals surface area (Å²) in [4.78, 5) is 149. The van der Waals surface area contributed by atoms with E-state index in [1.165, 1.54) is 14.5 Å². The maximum Gasteiger partial charge on any atom is 0.326 e. The Labute approximate surface area is 692 Å². The fourth-order valence-corrected chi connectivity index (χ4v) is 15.9. The van der Waals surface area contributed by atoms with Gasteiger partial charge < -0.3 is 76.8 Å². The number of ether oxygens (including phenoxy) is 3. The molecular weight excluding hydrogens is 1550 g/mol. The summed E-state index contributed by atoms with van der Waals surface area (Å²) in [5.41, 5.74) is 2.79. The van der Waals surface area contributed by atoms with Crippen LogP contribution >= 0.6 is 0 Å². The predicted molar refractivity (Wildman–Crippen MR) is 443 cm³/mol. The van der Waals surface area contributed by atoms with Crippen LogP contribution in [0.25, 0.3) is 21.9 Å². The number of aliphatic hydroxyl groups excluding tert-OH is 1. The Morgan fingerprint density at radius 2 is 1.11 bits per heavy atom. The number of rotatable bonds is 18. The third kappa shape index (κ3) is 23.3. The summed E-state index contributed by atoms with van der Waals surface area (Å²) in [6.45, 7) is 13.3. The first kappa shape index (κ1) is 88.4. The lowest BCUT2D eigenvalue weighted by molar-refractivity contribution is -0.145. The maximum atomic E-state index is 15.4. The van der Waals surface area contributed by atoms with Crippen LogP contribution in [-0.4, -0.2) is 215 Å². The second-order valence-electron chi connectivity index (χ2n) is 33.1. The summed E-state index contributed by atoms with van der Waals surface area (Å²) in [6, 6.07) is 27.4. The maximum absolute atomic E-state index is 15.4. The molecule has 1 saturated carbocycles. The number of carbonyl (C=O) groups is 10. The highest BCUT2D eigenvalue weighted by atomic mass is 32.2. The summed E-state index contributed by atoms with van der Waals surface area (Å²) in [7, 11) is -1.00. The van der Waals surface area contributed by atoms with Gasteiger partial charge in [-0.3, -0.25) is 47.9 Å². The van der Waals surface area contributed by atoms with Gasteiger partial charge in [-0.1, -0.05) is 168 Å². The Bertz CT molecular complexity index is 4970. The number of nitrogens with zero attached hydrogens (tertiary/aromatic N) is 5. The summed E-state index contributed by atoms with van der Waals surface area (Å²) >= 11 is 0. The Morgan fingerprint density at radius 1 is 0.580 bits per heavy atom. The average molecular weight is 1650 g/mol. The van der Waals surface area contributed by atoms with Gasteiger partial charge >= 0.3 is 5.97 Å². The highest BCUT2D eigenvalue weighted by molar-refractivity contribution is 7.91. The minimum atomic E-state index is -4.21. The molecule has 7 heterocycles. The summed E-state index contributed by atoms with van der Waals surface area (Å²) < 4.78 is 49.5. The third-order valence-corrected chi connectivity index (χ3v) is 23.8. The first-order valence-electron chi connectivity index (χ1n) is 40.1. The van der Waals surface area contributed by atoms with Gasteiger partial charge in [-0.2, -0.15) is 0 Å². The van der Waals surface area contributed by atoms with Crippen molar-refractivity contribution in [2.45, 2.75) is 198 Å². The highest BCUT2D eigenvalue weighted by Gasteiger charge is 2.49. The number of likely N-dealkylation sites (N-methyl/N-ethyl adjacent to an activating group) is 2. The molecule has 32 heteroatoms. The number of carboxylic acid groups (broad SMARTS) is 1. The largest absolute Gasteiger partial charge is 0.490 e. The lowest BCUT2D eigenvalue weighted by Gasteiger charge is -2.36. The molecule has 9 amide bonds. The van der Waals surface area contributed by atoms with Crippen molar-refractivity contribution in [3.05, 3.63) is 191 Å². The molecule has 634 valence electrons. The van der Waals surface area contributed by atoms with Gasteiger partial charge in [0.05, 0.1) is 48.9 Å². The predicted octanol–water partition coefficient (Wildman–Crippen LogP) is 4.43. The standard InChI is InChI=1S/C87H108N14O17S/c1-51(88-9)76(103)94-74(86(3,4)5)83(110)99-47-63-44-72(99)81(108)91-69(43-57-22-29-58-17-11-12-18-60(58)39-57)79(106)93-71(85(112)113)41-54-23-30-64(31-24-54)116-36-13-14-37-117-66-45-73(100(48-66)84(111)75(87(6,7)8)95-77(104)52(2)89-10)82(109)92-68(42-56-16-15-19-61(38-56)59-27-20-55(49-102)21-28-59)78(105)90-70(80(107)97-119(114,115)67-34-35-67)40-53-25-32-65(33-26-53)118-50-62-46-101(63)98-96-62/h11-33,38-39,46,51-52,63,66-75,88-89,102H,34-37,40-45,47-50H2,1-10H3,(H,90,105)(H,91,108)(H,92,109)(H,93,106)(H,94,103)(H,95,104)(H,97,107)(H,112,113)/b14-13+/t51-,52-,63-,66-,68-,69-,70-,71-,72-,73-,74+,75+/m0/s1. The number of hydrogen-bond acceptors (Lipinski definition) is 20. The summed E-state index contributed by atoms with van der Waals surface area (Å²) in [5, 5.41) is 53.2. The van der Waals surface area contributed by atoms with E-state index in [1.54, 1.807) is 161 Å². The second-order valence-corrected chi connectivity index (χ2v) is 35.1. The van der Waals surface area contributed by atoms with E-state index < -0.39 is 158 Å². The lowest BCUT2D eigenvalue weighted by atomic mass is 9.85. The molecule has 6 aromatic carbocycles. The Hall–Kier alpha value is -11.4. The molecule has 1 aliphatic carbocycles. The van der Waals surface area contributed by atoms with E-state index in [0.29, 0.717) is 57.9 Å².